The Labute approximate surface area is 192 Å². The molecule has 0 saturated heterocycles. The molecule has 1 atom stereocenters. The molecule has 1 heterocycles. The van der Waals surface area contributed by atoms with Crippen molar-refractivity contribution in [2.45, 2.75) is 32.6 Å². The van der Waals surface area contributed by atoms with Crippen LogP contribution in [0.2, 0.25) is 0 Å². The lowest BCUT2D eigenvalue weighted by Gasteiger charge is -2.37. The van der Waals surface area contributed by atoms with Gasteiger partial charge < -0.3 is 20.5 Å². The van der Waals surface area contributed by atoms with E-state index in [2.05, 4.69) is 11.4 Å². The minimum atomic E-state index is -0.635. The molecule has 3 N–H and O–H groups in total. The molecule has 1 aliphatic carbocycles. The summed E-state index contributed by atoms with van der Waals surface area (Å²) in [4.78, 5) is 25.3. The monoisotopic (exact) mass is 443 g/mol. The number of nitrogens with two attached hydrogens (primary N) is 1. The average molecular weight is 444 g/mol. The van der Waals surface area contributed by atoms with E-state index in [1.807, 2.05) is 38.1 Å². The van der Waals surface area contributed by atoms with Crippen molar-refractivity contribution in [3.63, 3.8) is 0 Å². The summed E-state index contributed by atoms with van der Waals surface area (Å²) >= 11 is 0. The number of carbonyl (C=O) groups excluding carboxylic acids is 2. The number of Topliss-reactive ketones (excluding diaryl/α,β-unsaturated/α-hetero) is 1. The van der Waals surface area contributed by atoms with Gasteiger partial charge in [0.05, 0.1) is 5.92 Å². The van der Waals surface area contributed by atoms with Crippen LogP contribution in [0.1, 0.15) is 38.2 Å². The first kappa shape index (κ1) is 22.2. The molecule has 1 amide bonds. The smallest absolute Gasteiger partial charge is 0.262 e. The number of hydrogen-bond donors (Lipinski definition) is 2. The van der Waals surface area contributed by atoms with Crippen LogP contribution in [0.5, 0.6) is 5.75 Å². The third-order valence-corrected chi connectivity index (χ3v) is 5.69. The molecule has 7 nitrogen and oxygen atoms in total. The fourth-order valence-electron chi connectivity index (χ4n) is 4.27. The number of nitrogens with zero attached hydrogens (tertiary/aromatic N) is 1. The van der Waals surface area contributed by atoms with Gasteiger partial charge in [-0.05, 0) is 35.2 Å². The molecule has 1 aliphatic heterocycles. The molecule has 33 heavy (non-hydrogen) atoms. The van der Waals surface area contributed by atoms with Crippen molar-refractivity contribution in [2.24, 2.45) is 11.1 Å². The highest BCUT2D eigenvalue weighted by Gasteiger charge is 2.43. The Morgan fingerprint density at radius 2 is 1.97 bits per heavy atom. The molecular formula is C26H25N3O4. The first-order valence-electron chi connectivity index (χ1n) is 10.7. The maximum absolute atomic E-state index is 13.1. The van der Waals surface area contributed by atoms with Crippen LogP contribution in [-0.4, -0.2) is 18.3 Å². The molecule has 4 rings (SSSR count). The Hall–Kier alpha value is -4.05. The molecule has 0 spiro atoms. The Morgan fingerprint density at radius 3 is 2.70 bits per heavy atom. The molecule has 168 valence electrons. The lowest BCUT2D eigenvalue weighted by molar-refractivity contribution is -0.119. The first-order valence-corrected chi connectivity index (χ1v) is 10.7. The maximum Gasteiger partial charge on any atom is 0.262 e. The number of benzene rings is 2. The number of para-hydroxylation sites is 1. The number of ketones is 1. The number of amides is 1. The number of rotatable bonds is 5. The Morgan fingerprint density at radius 1 is 1.21 bits per heavy atom. The van der Waals surface area contributed by atoms with Gasteiger partial charge in [-0.15, -0.1) is 0 Å². The van der Waals surface area contributed by atoms with Crippen LogP contribution in [0.25, 0.3) is 0 Å². The summed E-state index contributed by atoms with van der Waals surface area (Å²) in [6, 6.07) is 18.2. The van der Waals surface area contributed by atoms with Crippen LogP contribution < -0.4 is 15.8 Å². The number of hydrogen-bond acceptors (Lipinski definition) is 6. The second kappa shape index (κ2) is 8.83. The van der Waals surface area contributed by atoms with Crippen molar-refractivity contribution in [1.82, 2.24) is 0 Å². The summed E-state index contributed by atoms with van der Waals surface area (Å²) in [6.07, 6.45) is 0.917. The molecule has 2 aromatic carbocycles. The van der Waals surface area contributed by atoms with Gasteiger partial charge in [-0.25, -0.2) is 0 Å². The predicted octanol–water partition coefficient (Wildman–Crippen LogP) is 4.15. The molecule has 2 aromatic rings. The number of nitriles is 1. The van der Waals surface area contributed by atoms with Crippen LogP contribution in [0, 0.1) is 16.7 Å². The molecular weight excluding hydrogens is 418 g/mol. The molecule has 0 bridgehead atoms. The molecule has 0 saturated carbocycles. The van der Waals surface area contributed by atoms with E-state index in [0.29, 0.717) is 41.2 Å². The van der Waals surface area contributed by atoms with Crippen molar-refractivity contribution in [2.75, 3.05) is 11.9 Å². The summed E-state index contributed by atoms with van der Waals surface area (Å²) in [7, 11) is 0. The molecule has 0 fully saturated rings. The van der Waals surface area contributed by atoms with E-state index < -0.39 is 5.92 Å². The first-order chi connectivity index (χ1) is 15.8. The van der Waals surface area contributed by atoms with Crippen LogP contribution in [0.4, 0.5) is 5.69 Å². The van der Waals surface area contributed by atoms with Gasteiger partial charge in [0.2, 0.25) is 5.88 Å². The number of nitrogens with one attached hydrogen (secondary N) is 1. The highest BCUT2D eigenvalue weighted by molar-refractivity contribution is 6.00. The van der Waals surface area contributed by atoms with Crippen molar-refractivity contribution >= 4 is 17.4 Å². The van der Waals surface area contributed by atoms with Crippen LogP contribution >= 0.6 is 0 Å². The van der Waals surface area contributed by atoms with Gasteiger partial charge in [-0.3, -0.25) is 9.59 Å². The minimum Gasteiger partial charge on any atom is -0.484 e. The summed E-state index contributed by atoms with van der Waals surface area (Å²) in [6.45, 7) is 3.82. The number of allylic oxidation sites excluding steroid dienone is 3. The van der Waals surface area contributed by atoms with Gasteiger partial charge in [-0.1, -0.05) is 44.2 Å². The van der Waals surface area contributed by atoms with Crippen LogP contribution in [-0.2, 0) is 14.3 Å². The highest BCUT2D eigenvalue weighted by atomic mass is 16.5. The van der Waals surface area contributed by atoms with E-state index in [1.165, 1.54) is 0 Å². The average Bonchev–Trinajstić information content (AvgIpc) is 2.77. The van der Waals surface area contributed by atoms with Gasteiger partial charge in [0.15, 0.2) is 12.4 Å². The van der Waals surface area contributed by atoms with Gasteiger partial charge in [-0.2, -0.15) is 5.26 Å². The second-order valence-corrected chi connectivity index (χ2v) is 8.98. The van der Waals surface area contributed by atoms with Crippen LogP contribution in [0.15, 0.2) is 77.4 Å². The number of ether oxygens (including phenoxy) is 2. The standard InChI is InChI=1S/C26H25N3O4/c1-26(2)12-20(30)24-21(13-26)33-25(28)19(14-27)23(24)16-7-6-10-18(11-16)32-15-22(31)29-17-8-4-3-5-9-17/h3-11,23H,12-13,15,28H2,1-2H3,(H,29,31). The van der Waals surface area contributed by atoms with E-state index in [9.17, 15) is 14.9 Å². The molecule has 0 aromatic heterocycles. The summed E-state index contributed by atoms with van der Waals surface area (Å²) in [5, 5.41) is 12.5. The van der Waals surface area contributed by atoms with E-state index >= 15 is 0 Å². The highest BCUT2D eigenvalue weighted by Crippen LogP contribution is 2.48. The largest absolute Gasteiger partial charge is 0.484 e. The Kier molecular flexibility index (Phi) is 5.93. The number of anilines is 1. The van der Waals surface area contributed by atoms with Gasteiger partial charge in [0, 0.05) is 24.1 Å². The van der Waals surface area contributed by atoms with Gasteiger partial charge in [0.25, 0.3) is 5.91 Å². The van der Waals surface area contributed by atoms with E-state index in [1.54, 1.807) is 30.3 Å². The topological polar surface area (TPSA) is 114 Å². The Bertz CT molecular complexity index is 1210. The zero-order chi connectivity index (χ0) is 23.6. The second-order valence-electron chi connectivity index (χ2n) is 8.98. The lowest BCUT2D eigenvalue weighted by Crippen LogP contribution is -2.33. The molecule has 2 aliphatic rings. The van der Waals surface area contributed by atoms with Gasteiger partial charge in [0.1, 0.15) is 23.2 Å². The van der Waals surface area contributed by atoms with E-state index in [-0.39, 0.29) is 35.2 Å². The quantitative estimate of drug-likeness (QED) is 0.717. The van der Waals surface area contributed by atoms with Crippen molar-refractivity contribution in [1.29, 1.82) is 5.26 Å². The fourth-order valence-corrected chi connectivity index (χ4v) is 4.27. The maximum atomic E-state index is 13.1. The van der Waals surface area contributed by atoms with Crippen molar-refractivity contribution in [3.05, 3.63) is 82.9 Å². The zero-order valence-electron chi connectivity index (χ0n) is 18.6. The molecule has 7 heteroatoms. The van der Waals surface area contributed by atoms with Gasteiger partial charge >= 0.3 is 0 Å². The van der Waals surface area contributed by atoms with Crippen molar-refractivity contribution < 1.29 is 19.1 Å². The summed E-state index contributed by atoms with van der Waals surface area (Å²) in [5.74, 6) is -0.00580. The molecule has 1 unspecified atom stereocenters. The van der Waals surface area contributed by atoms with E-state index in [4.69, 9.17) is 15.2 Å². The SMILES string of the molecule is CC1(C)CC(=O)C2=C(C1)OC(N)=C(C#N)C2c1cccc(OCC(=O)Nc2ccccc2)c1. The zero-order valence-corrected chi connectivity index (χ0v) is 18.6. The normalized spacial score (nSPS) is 19.3. The minimum absolute atomic E-state index is 0.0142. The lowest BCUT2D eigenvalue weighted by atomic mass is 9.70. The van der Waals surface area contributed by atoms with Crippen molar-refractivity contribution in [3.8, 4) is 11.8 Å². The predicted molar refractivity (Wildman–Crippen MR) is 123 cm³/mol. The summed E-state index contributed by atoms with van der Waals surface area (Å²) in [5.41, 5.74) is 7.85. The van der Waals surface area contributed by atoms with Crippen LogP contribution in [0.3, 0.4) is 0 Å². The Balaban J connectivity index is 1.58. The summed E-state index contributed by atoms with van der Waals surface area (Å²) < 4.78 is 11.4. The van der Waals surface area contributed by atoms with E-state index in [0.717, 1.165) is 0 Å². The fraction of sp³-hybridized carbons (Fsp3) is 0.269. The third-order valence-electron chi connectivity index (χ3n) is 5.69. The molecule has 0 radical (unpaired) electrons. The number of carbonyl (C=O) groups is 2. The third kappa shape index (κ3) is 4.75.